The van der Waals surface area contributed by atoms with Gasteiger partial charge in [0.15, 0.2) is 0 Å². The predicted molar refractivity (Wildman–Crippen MR) is 47.7 cm³/mol. The van der Waals surface area contributed by atoms with Gasteiger partial charge in [0.2, 0.25) is 0 Å². The highest BCUT2D eigenvalue weighted by molar-refractivity contribution is 5.60. The molecule has 0 radical (unpaired) electrons. The van der Waals surface area contributed by atoms with Crippen molar-refractivity contribution in [3.05, 3.63) is 0 Å². The van der Waals surface area contributed by atoms with Crippen LogP contribution >= 0.6 is 0 Å². The van der Waals surface area contributed by atoms with Crippen molar-refractivity contribution in [3.8, 4) is 0 Å². The van der Waals surface area contributed by atoms with Crippen LogP contribution in [-0.4, -0.2) is 11.8 Å². The van der Waals surface area contributed by atoms with Crippen molar-refractivity contribution >= 4 is 6.21 Å². The van der Waals surface area contributed by atoms with E-state index in [1.54, 1.807) is 0 Å². The maximum atomic E-state index is 4.40. The fourth-order valence-electron chi connectivity index (χ4n) is 0.456. The lowest BCUT2D eigenvalue weighted by atomic mass is 10.1. The zero-order chi connectivity index (χ0) is 8.20. The largest absolute Gasteiger partial charge is 0.291 e. The molecule has 0 aliphatic heterocycles. The van der Waals surface area contributed by atoms with Crippen molar-refractivity contribution in [2.45, 2.75) is 46.6 Å². The number of aliphatic imine (C=N–C) groups is 1. The molecular weight excluding hydrogens is 122 g/mol. The van der Waals surface area contributed by atoms with Crippen LogP contribution in [-0.2, 0) is 0 Å². The number of hydrogen-bond donors (Lipinski definition) is 0. The molecule has 0 aliphatic rings. The van der Waals surface area contributed by atoms with Crippen LogP contribution in [0.15, 0.2) is 4.99 Å². The lowest BCUT2D eigenvalue weighted by molar-refractivity contribution is 0.578. The van der Waals surface area contributed by atoms with E-state index in [1.807, 2.05) is 0 Å². The second-order valence-corrected chi connectivity index (χ2v) is 3.83. The lowest BCUT2D eigenvalue weighted by Gasteiger charge is -2.12. The first kappa shape index (κ1) is 9.67. The van der Waals surface area contributed by atoms with Crippen molar-refractivity contribution in [2.24, 2.45) is 10.9 Å². The van der Waals surface area contributed by atoms with Crippen LogP contribution in [0.1, 0.15) is 41.0 Å². The summed E-state index contributed by atoms with van der Waals surface area (Å²) in [5.74, 6) is 0.624. The topological polar surface area (TPSA) is 12.4 Å². The van der Waals surface area contributed by atoms with Crippen LogP contribution < -0.4 is 0 Å². The summed E-state index contributed by atoms with van der Waals surface area (Å²) in [5, 5.41) is 0. The van der Waals surface area contributed by atoms with Gasteiger partial charge in [-0.2, -0.15) is 0 Å². The first-order chi connectivity index (χ1) is 4.45. The van der Waals surface area contributed by atoms with E-state index in [1.165, 1.54) is 6.42 Å². The Bertz CT molecular complexity index is 108. The van der Waals surface area contributed by atoms with Gasteiger partial charge in [-0.15, -0.1) is 0 Å². The second-order valence-electron chi connectivity index (χ2n) is 3.83. The molecule has 0 aromatic carbocycles. The van der Waals surface area contributed by atoms with Gasteiger partial charge in [-0.25, -0.2) is 0 Å². The molecular formula is C9H19N. The summed E-state index contributed by atoms with van der Waals surface area (Å²) in [7, 11) is 0. The molecule has 10 heavy (non-hydrogen) atoms. The standard InChI is InChI=1S/C9H19N/c1-6-8(2)7-10-9(3,4)5/h7-8H,6H2,1-5H3. The molecule has 0 saturated heterocycles. The molecule has 0 saturated carbocycles. The summed E-state index contributed by atoms with van der Waals surface area (Å²) in [6.45, 7) is 10.7. The van der Waals surface area contributed by atoms with E-state index in [9.17, 15) is 0 Å². The highest BCUT2D eigenvalue weighted by Gasteiger charge is 2.05. The summed E-state index contributed by atoms with van der Waals surface area (Å²) in [6, 6.07) is 0. The molecule has 0 amide bonds. The molecule has 0 rings (SSSR count). The quantitative estimate of drug-likeness (QED) is 0.524. The third kappa shape index (κ3) is 5.80. The van der Waals surface area contributed by atoms with E-state index in [0.717, 1.165) is 0 Å². The summed E-state index contributed by atoms with van der Waals surface area (Å²) >= 11 is 0. The van der Waals surface area contributed by atoms with Crippen LogP contribution in [0.25, 0.3) is 0 Å². The normalized spacial score (nSPS) is 16.1. The van der Waals surface area contributed by atoms with Gasteiger partial charge in [-0.1, -0.05) is 13.8 Å². The molecule has 0 fully saturated rings. The maximum absolute atomic E-state index is 4.40. The molecule has 1 unspecified atom stereocenters. The van der Waals surface area contributed by atoms with Crippen molar-refractivity contribution < 1.29 is 0 Å². The average Bonchev–Trinajstić information content (AvgIpc) is 1.81. The molecule has 0 bridgehead atoms. The molecule has 60 valence electrons. The van der Waals surface area contributed by atoms with E-state index in [4.69, 9.17) is 0 Å². The van der Waals surface area contributed by atoms with Crippen molar-refractivity contribution in [2.75, 3.05) is 0 Å². The molecule has 0 N–H and O–H groups in total. The Morgan fingerprint density at radius 2 is 1.90 bits per heavy atom. The Hall–Kier alpha value is -0.330. The summed E-state index contributed by atoms with van der Waals surface area (Å²) in [6.07, 6.45) is 3.24. The zero-order valence-corrected chi connectivity index (χ0v) is 7.81. The summed E-state index contributed by atoms with van der Waals surface area (Å²) in [4.78, 5) is 4.40. The first-order valence-electron chi connectivity index (χ1n) is 4.01. The first-order valence-corrected chi connectivity index (χ1v) is 4.01. The van der Waals surface area contributed by atoms with E-state index >= 15 is 0 Å². The van der Waals surface area contributed by atoms with Crippen molar-refractivity contribution in [3.63, 3.8) is 0 Å². The van der Waals surface area contributed by atoms with Crippen LogP contribution in [0.2, 0.25) is 0 Å². The van der Waals surface area contributed by atoms with Gasteiger partial charge in [0, 0.05) is 6.21 Å². The molecule has 0 aromatic heterocycles. The van der Waals surface area contributed by atoms with Gasteiger partial charge in [-0.05, 0) is 33.1 Å². The van der Waals surface area contributed by atoms with Crippen LogP contribution in [0.5, 0.6) is 0 Å². The maximum Gasteiger partial charge on any atom is 0.0520 e. The summed E-state index contributed by atoms with van der Waals surface area (Å²) < 4.78 is 0. The predicted octanol–water partition coefficient (Wildman–Crippen LogP) is 2.90. The van der Waals surface area contributed by atoms with E-state index < -0.39 is 0 Å². The Labute approximate surface area is 64.6 Å². The smallest absolute Gasteiger partial charge is 0.0520 e. The second kappa shape index (κ2) is 3.75. The summed E-state index contributed by atoms with van der Waals surface area (Å²) in [5.41, 5.74) is 0.101. The van der Waals surface area contributed by atoms with Gasteiger partial charge < -0.3 is 0 Å². The van der Waals surface area contributed by atoms with Crippen LogP contribution in [0, 0.1) is 5.92 Å². The Kier molecular flexibility index (Phi) is 3.62. The molecule has 1 nitrogen and oxygen atoms in total. The minimum absolute atomic E-state index is 0.101. The third-order valence-electron chi connectivity index (χ3n) is 1.36. The number of rotatable bonds is 2. The van der Waals surface area contributed by atoms with Gasteiger partial charge in [-0.3, -0.25) is 4.99 Å². The van der Waals surface area contributed by atoms with Gasteiger partial charge in [0.05, 0.1) is 5.54 Å². The van der Waals surface area contributed by atoms with E-state index in [-0.39, 0.29) is 5.54 Å². The molecule has 1 atom stereocenters. The fourth-order valence-corrected chi connectivity index (χ4v) is 0.456. The molecule has 0 spiro atoms. The average molecular weight is 141 g/mol. The van der Waals surface area contributed by atoms with E-state index in [0.29, 0.717) is 5.92 Å². The number of nitrogens with zero attached hydrogens (tertiary/aromatic N) is 1. The highest BCUT2D eigenvalue weighted by Crippen LogP contribution is 2.07. The molecule has 0 aliphatic carbocycles. The Morgan fingerprint density at radius 1 is 1.40 bits per heavy atom. The fraction of sp³-hybridized carbons (Fsp3) is 0.889. The van der Waals surface area contributed by atoms with Crippen molar-refractivity contribution in [1.82, 2.24) is 0 Å². The Balaban J connectivity index is 3.75. The number of hydrogen-bond acceptors (Lipinski definition) is 1. The van der Waals surface area contributed by atoms with Crippen molar-refractivity contribution in [1.29, 1.82) is 0 Å². The molecule has 0 aromatic rings. The third-order valence-corrected chi connectivity index (χ3v) is 1.36. The SMILES string of the molecule is CCC(C)C=NC(C)(C)C. The Morgan fingerprint density at radius 3 is 2.20 bits per heavy atom. The van der Waals surface area contributed by atoms with Gasteiger partial charge in [0.25, 0.3) is 0 Å². The lowest BCUT2D eigenvalue weighted by Crippen LogP contribution is -2.11. The molecule has 0 heterocycles. The van der Waals surface area contributed by atoms with Gasteiger partial charge in [0.1, 0.15) is 0 Å². The van der Waals surface area contributed by atoms with E-state index in [2.05, 4.69) is 45.8 Å². The molecule has 1 heteroatoms. The van der Waals surface area contributed by atoms with Gasteiger partial charge >= 0.3 is 0 Å². The van der Waals surface area contributed by atoms with Crippen LogP contribution in [0.4, 0.5) is 0 Å². The monoisotopic (exact) mass is 141 g/mol. The minimum atomic E-state index is 0.101. The minimum Gasteiger partial charge on any atom is -0.291 e. The van der Waals surface area contributed by atoms with Crippen LogP contribution in [0.3, 0.4) is 0 Å². The zero-order valence-electron chi connectivity index (χ0n) is 7.81. The highest BCUT2D eigenvalue weighted by atomic mass is 14.8.